The van der Waals surface area contributed by atoms with Gasteiger partial charge in [0.1, 0.15) is 5.75 Å². The molecule has 2 rings (SSSR count). The highest BCUT2D eigenvalue weighted by Crippen LogP contribution is 2.23. The molecule has 0 aliphatic rings. The van der Waals surface area contributed by atoms with E-state index in [0.29, 0.717) is 0 Å². The molecule has 0 bridgehead atoms. The summed E-state index contributed by atoms with van der Waals surface area (Å²) in [7, 11) is 1.59. The third kappa shape index (κ3) is 5.24. The lowest BCUT2D eigenvalue weighted by molar-refractivity contribution is -0.387. The minimum Gasteiger partial charge on any atom is -0.497 e. The molecule has 0 saturated heterocycles. The summed E-state index contributed by atoms with van der Waals surface area (Å²) in [5, 5.41) is 16.6. The lowest BCUT2D eigenvalue weighted by Gasteiger charge is -2.22. The van der Waals surface area contributed by atoms with Gasteiger partial charge >= 0.3 is 5.69 Å². The molecule has 0 fully saturated rings. The van der Waals surface area contributed by atoms with Crippen LogP contribution >= 0.6 is 0 Å². The number of hydrogen-bond acceptors (Lipinski definition) is 5. The van der Waals surface area contributed by atoms with Crippen molar-refractivity contribution in [3.63, 3.8) is 0 Å². The maximum atomic E-state index is 13.4. The molecular weight excluding hydrogens is 353 g/mol. The number of nitro benzene ring substituents is 1. The summed E-state index contributed by atoms with van der Waals surface area (Å²) in [6.45, 7) is 3.69. The molecule has 2 aromatic rings. The summed E-state index contributed by atoms with van der Waals surface area (Å²) in [5.74, 6) is -0.574. The van der Waals surface area contributed by atoms with Gasteiger partial charge in [0.25, 0.3) is 0 Å². The maximum Gasteiger partial charge on any atom is 0.306 e. The van der Waals surface area contributed by atoms with Gasteiger partial charge in [0.2, 0.25) is 11.7 Å². The summed E-state index contributed by atoms with van der Waals surface area (Å²) in [5.41, 5.74) is 0.493. The smallest absolute Gasteiger partial charge is 0.306 e. The van der Waals surface area contributed by atoms with E-state index in [-0.39, 0.29) is 17.6 Å². The molecule has 1 amide bonds. The van der Waals surface area contributed by atoms with Crippen LogP contribution in [-0.2, 0) is 4.79 Å². The molecule has 2 aromatic carbocycles. The molecule has 0 aliphatic carbocycles. The Bertz CT molecular complexity index is 811. The van der Waals surface area contributed by atoms with Gasteiger partial charge in [0.05, 0.1) is 18.1 Å². The van der Waals surface area contributed by atoms with Gasteiger partial charge in [-0.2, -0.15) is 4.39 Å². The van der Waals surface area contributed by atoms with Crippen molar-refractivity contribution in [3.8, 4) is 5.75 Å². The number of methoxy groups -OCH3 is 1. The molecule has 0 spiro atoms. The zero-order valence-electron chi connectivity index (χ0n) is 15.4. The Hall–Kier alpha value is -3.00. The first-order valence-corrected chi connectivity index (χ1v) is 8.50. The first kappa shape index (κ1) is 20.3. The number of benzene rings is 2. The summed E-state index contributed by atoms with van der Waals surface area (Å²) < 4.78 is 18.5. The molecule has 0 radical (unpaired) electrons. The van der Waals surface area contributed by atoms with Crippen LogP contribution in [0.3, 0.4) is 0 Å². The molecule has 0 unspecified atom stereocenters. The van der Waals surface area contributed by atoms with Crippen LogP contribution in [0.1, 0.15) is 31.9 Å². The van der Waals surface area contributed by atoms with Crippen molar-refractivity contribution < 1.29 is 18.8 Å². The van der Waals surface area contributed by atoms with Crippen molar-refractivity contribution in [2.24, 2.45) is 0 Å². The number of rotatable bonds is 8. The Morgan fingerprint density at radius 1 is 1.26 bits per heavy atom. The topological polar surface area (TPSA) is 93.5 Å². The van der Waals surface area contributed by atoms with E-state index in [2.05, 4.69) is 10.6 Å². The molecule has 0 heterocycles. The summed E-state index contributed by atoms with van der Waals surface area (Å²) in [6, 6.07) is 10.2. The van der Waals surface area contributed by atoms with Crippen molar-refractivity contribution in [1.82, 2.24) is 5.32 Å². The quantitative estimate of drug-likeness (QED) is 0.540. The Kier molecular flexibility index (Phi) is 6.84. The Morgan fingerprint density at radius 3 is 2.48 bits per heavy atom. The Morgan fingerprint density at radius 2 is 1.93 bits per heavy atom. The van der Waals surface area contributed by atoms with Crippen LogP contribution in [0.2, 0.25) is 0 Å². The van der Waals surface area contributed by atoms with E-state index in [0.717, 1.165) is 29.9 Å². The molecule has 2 N–H and O–H groups in total. The lowest BCUT2D eigenvalue weighted by atomic mass is 10.0. The number of hydrogen-bond donors (Lipinski definition) is 2. The van der Waals surface area contributed by atoms with E-state index in [1.807, 2.05) is 31.2 Å². The summed E-state index contributed by atoms with van der Waals surface area (Å²) in [4.78, 5) is 22.4. The van der Waals surface area contributed by atoms with Gasteiger partial charge in [0, 0.05) is 17.8 Å². The standard InChI is InChI=1S/C19H22FN3O4/c1-4-17(13-5-8-15(27-3)9-6-13)21-12(2)19(24)22-14-7-10-16(20)18(11-14)23(25)26/h5-12,17,21H,4H2,1-3H3,(H,22,24)/t12-,17+/m0/s1. The summed E-state index contributed by atoms with van der Waals surface area (Å²) in [6.07, 6.45) is 0.756. The van der Waals surface area contributed by atoms with Crippen molar-refractivity contribution in [1.29, 1.82) is 0 Å². The lowest BCUT2D eigenvalue weighted by Crippen LogP contribution is -2.40. The van der Waals surface area contributed by atoms with Crippen molar-refractivity contribution in [2.75, 3.05) is 12.4 Å². The second kappa shape index (κ2) is 9.09. The highest BCUT2D eigenvalue weighted by atomic mass is 19.1. The number of amides is 1. The zero-order chi connectivity index (χ0) is 20.0. The van der Waals surface area contributed by atoms with E-state index in [4.69, 9.17) is 4.74 Å². The fourth-order valence-corrected chi connectivity index (χ4v) is 2.64. The number of halogens is 1. The van der Waals surface area contributed by atoms with Gasteiger partial charge in [-0.25, -0.2) is 0 Å². The van der Waals surface area contributed by atoms with E-state index in [9.17, 15) is 19.3 Å². The summed E-state index contributed by atoms with van der Waals surface area (Å²) >= 11 is 0. The molecule has 7 nitrogen and oxygen atoms in total. The second-order valence-corrected chi connectivity index (χ2v) is 6.03. The first-order chi connectivity index (χ1) is 12.8. The molecule has 2 atom stereocenters. The highest BCUT2D eigenvalue weighted by Gasteiger charge is 2.20. The van der Waals surface area contributed by atoms with Crippen LogP contribution in [0.5, 0.6) is 5.75 Å². The van der Waals surface area contributed by atoms with Crippen LogP contribution in [0.25, 0.3) is 0 Å². The van der Waals surface area contributed by atoms with Crippen molar-refractivity contribution in [2.45, 2.75) is 32.4 Å². The van der Waals surface area contributed by atoms with Gasteiger partial charge < -0.3 is 10.1 Å². The molecular formula is C19H22FN3O4. The number of nitro groups is 1. The number of anilines is 1. The largest absolute Gasteiger partial charge is 0.497 e. The van der Waals surface area contributed by atoms with Gasteiger partial charge in [-0.3, -0.25) is 20.2 Å². The Labute approximate surface area is 156 Å². The number of carbonyl (C=O) groups is 1. The second-order valence-electron chi connectivity index (χ2n) is 6.03. The van der Waals surface area contributed by atoms with Crippen LogP contribution < -0.4 is 15.4 Å². The van der Waals surface area contributed by atoms with Crippen LogP contribution in [0.15, 0.2) is 42.5 Å². The molecule has 0 saturated carbocycles. The molecule has 0 aliphatic heterocycles. The predicted octanol–water partition coefficient (Wildman–Crippen LogP) is 3.81. The third-order valence-electron chi connectivity index (χ3n) is 4.18. The number of nitrogens with one attached hydrogen (secondary N) is 2. The first-order valence-electron chi connectivity index (χ1n) is 8.50. The van der Waals surface area contributed by atoms with Gasteiger partial charge in [0.15, 0.2) is 0 Å². The number of carbonyl (C=O) groups excluding carboxylic acids is 1. The fourth-order valence-electron chi connectivity index (χ4n) is 2.64. The Balaban J connectivity index is 2.05. The SMILES string of the molecule is CC[C@@H](N[C@@H](C)C(=O)Nc1ccc(F)c([N+](=O)[O-])c1)c1ccc(OC)cc1. The fraction of sp³-hybridized carbons (Fsp3) is 0.316. The van der Waals surface area contributed by atoms with Crippen molar-refractivity contribution in [3.05, 3.63) is 64.0 Å². The zero-order valence-corrected chi connectivity index (χ0v) is 15.4. The van der Waals surface area contributed by atoms with E-state index in [1.54, 1.807) is 14.0 Å². The molecule has 8 heteroatoms. The van der Waals surface area contributed by atoms with Crippen LogP contribution in [0.4, 0.5) is 15.8 Å². The van der Waals surface area contributed by atoms with Crippen LogP contribution in [-0.4, -0.2) is 24.0 Å². The van der Waals surface area contributed by atoms with E-state index < -0.39 is 22.5 Å². The van der Waals surface area contributed by atoms with Gasteiger partial charge in [-0.15, -0.1) is 0 Å². The van der Waals surface area contributed by atoms with E-state index >= 15 is 0 Å². The van der Waals surface area contributed by atoms with Gasteiger partial charge in [-0.1, -0.05) is 19.1 Å². The number of nitrogens with zero attached hydrogens (tertiary/aromatic N) is 1. The molecule has 27 heavy (non-hydrogen) atoms. The average Bonchev–Trinajstić information content (AvgIpc) is 2.67. The monoisotopic (exact) mass is 375 g/mol. The van der Waals surface area contributed by atoms with E-state index in [1.165, 1.54) is 6.07 Å². The van der Waals surface area contributed by atoms with Crippen LogP contribution in [0, 0.1) is 15.9 Å². The normalized spacial score (nSPS) is 12.9. The minimum atomic E-state index is -0.949. The molecule has 0 aromatic heterocycles. The number of ether oxygens (including phenoxy) is 1. The van der Waals surface area contributed by atoms with Crippen molar-refractivity contribution >= 4 is 17.3 Å². The average molecular weight is 375 g/mol. The predicted molar refractivity (Wildman–Crippen MR) is 100 cm³/mol. The highest BCUT2D eigenvalue weighted by molar-refractivity contribution is 5.94. The molecule has 144 valence electrons. The third-order valence-corrected chi connectivity index (χ3v) is 4.18. The maximum absolute atomic E-state index is 13.4. The van der Waals surface area contributed by atoms with Gasteiger partial charge in [-0.05, 0) is 43.2 Å². The minimum absolute atomic E-state index is 0.0563.